The number of methoxy groups -OCH3 is 1. The SMILES string of the molecule is COC(=O)NC1CCN(c2cc([C@H](C)N)ccn2)C1. The molecule has 1 aliphatic heterocycles. The van der Waals surface area contributed by atoms with Crippen molar-refractivity contribution in [2.45, 2.75) is 25.4 Å². The third-order valence-electron chi connectivity index (χ3n) is 3.31. The summed E-state index contributed by atoms with van der Waals surface area (Å²) >= 11 is 0. The van der Waals surface area contributed by atoms with E-state index in [2.05, 4.69) is 19.9 Å². The number of hydrogen-bond acceptors (Lipinski definition) is 5. The van der Waals surface area contributed by atoms with Crippen molar-refractivity contribution in [3.8, 4) is 0 Å². The van der Waals surface area contributed by atoms with Crippen molar-refractivity contribution in [2.24, 2.45) is 5.73 Å². The molecular formula is C13H20N4O2. The van der Waals surface area contributed by atoms with Crippen molar-refractivity contribution < 1.29 is 9.53 Å². The zero-order valence-electron chi connectivity index (χ0n) is 11.3. The average Bonchev–Trinajstić information content (AvgIpc) is 2.87. The maximum atomic E-state index is 11.2. The van der Waals surface area contributed by atoms with Crippen LogP contribution in [0.5, 0.6) is 0 Å². The highest BCUT2D eigenvalue weighted by Gasteiger charge is 2.25. The van der Waals surface area contributed by atoms with Crippen LogP contribution in [-0.4, -0.2) is 37.3 Å². The molecule has 6 nitrogen and oxygen atoms in total. The summed E-state index contributed by atoms with van der Waals surface area (Å²) in [5.41, 5.74) is 6.94. The smallest absolute Gasteiger partial charge is 0.407 e. The van der Waals surface area contributed by atoms with E-state index in [0.717, 1.165) is 30.9 Å². The van der Waals surface area contributed by atoms with Crippen LogP contribution in [0.2, 0.25) is 0 Å². The van der Waals surface area contributed by atoms with Gasteiger partial charge in [-0.25, -0.2) is 9.78 Å². The van der Waals surface area contributed by atoms with Crippen molar-refractivity contribution in [2.75, 3.05) is 25.1 Å². The summed E-state index contributed by atoms with van der Waals surface area (Å²) in [6.07, 6.45) is 2.28. The molecule has 1 saturated heterocycles. The first kappa shape index (κ1) is 13.6. The number of carbonyl (C=O) groups excluding carboxylic acids is 1. The Balaban J connectivity index is 2.00. The van der Waals surface area contributed by atoms with Crippen molar-refractivity contribution >= 4 is 11.9 Å². The molecule has 1 aromatic rings. The Labute approximate surface area is 112 Å². The number of pyridine rings is 1. The largest absolute Gasteiger partial charge is 0.453 e. The van der Waals surface area contributed by atoms with Gasteiger partial charge in [-0.2, -0.15) is 0 Å². The molecule has 2 atom stereocenters. The number of rotatable bonds is 3. The fraction of sp³-hybridized carbons (Fsp3) is 0.538. The van der Waals surface area contributed by atoms with Crippen LogP contribution in [0.4, 0.5) is 10.6 Å². The lowest BCUT2D eigenvalue weighted by atomic mass is 10.1. The highest BCUT2D eigenvalue weighted by molar-refractivity contribution is 5.67. The standard InChI is InChI=1S/C13H20N4O2/c1-9(14)10-3-5-15-12(7-10)17-6-4-11(8-17)16-13(18)19-2/h3,5,7,9,11H,4,6,8,14H2,1-2H3,(H,16,18)/t9-,11?/m0/s1. The van der Waals surface area contributed by atoms with E-state index in [9.17, 15) is 4.79 Å². The Morgan fingerprint density at radius 1 is 1.68 bits per heavy atom. The van der Waals surface area contributed by atoms with E-state index in [4.69, 9.17) is 5.73 Å². The highest BCUT2D eigenvalue weighted by atomic mass is 16.5. The van der Waals surface area contributed by atoms with Gasteiger partial charge >= 0.3 is 6.09 Å². The summed E-state index contributed by atoms with van der Waals surface area (Å²) in [5, 5.41) is 2.81. The molecule has 0 saturated carbocycles. The second-order valence-corrected chi connectivity index (χ2v) is 4.80. The molecule has 0 bridgehead atoms. The quantitative estimate of drug-likeness (QED) is 0.852. The lowest BCUT2D eigenvalue weighted by Crippen LogP contribution is -2.37. The molecule has 2 heterocycles. The summed E-state index contributed by atoms with van der Waals surface area (Å²) in [6.45, 7) is 3.55. The van der Waals surface area contributed by atoms with Gasteiger partial charge in [-0.15, -0.1) is 0 Å². The Kier molecular flexibility index (Phi) is 4.21. The fourth-order valence-corrected chi connectivity index (χ4v) is 2.20. The van der Waals surface area contributed by atoms with Crippen LogP contribution in [0, 0.1) is 0 Å². The topological polar surface area (TPSA) is 80.5 Å². The number of anilines is 1. The van der Waals surface area contributed by atoms with Gasteiger partial charge in [-0.3, -0.25) is 0 Å². The Bertz CT molecular complexity index is 450. The maximum Gasteiger partial charge on any atom is 0.407 e. The van der Waals surface area contributed by atoms with Gasteiger partial charge in [0.05, 0.1) is 13.2 Å². The molecule has 1 amide bonds. The van der Waals surface area contributed by atoms with Gasteiger partial charge in [0.25, 0.3) is 0 Å². The summed E-state index contributed by atoms with van der Waals surface area (Å²) in [4.78, 5) is 17.7. The molecule has 0 aromatic carbocycles. The first-order valence-corrected chi connectivity index (χ1v) is 6.41. The number of alkyl carbamates (subject to hydrolysis) is 1. The number of hydrogen-bond donors (Lipinski definition) is 2. The van der Waals surface area contributed by atoms with Crippen LogP contribution >= 0.6 is 0 Å². The van der Waals surface area contributed by atoms with Crippen LogP contribution < -0.4 is 16.0 Å². The lowest BCUT2D eigenvalue weighted by molar-refractivity contribution is 0.167. The van der Waals surface area contributed by atoms with Crippen LogP contribution in [-0.2, 0) is 4.74 Å². The van der Waals surface area contributed by atoms with Crippen molar-refractivity contribution in [3.05, 3.63) is 23.9 Å². The molecule has 0 radical (unpaired) electrons. The van der Waals surface area contributed by atoms with Gasteiger partial charge in [0.15, 0.2) is 0 Å². The van der Waals surface area contributed by atoms with Crippen LogP contribution in [0.25, 0.3) is 0 Å². The van der Waals surface area contributed by atoms with Crippen molar-refractivity contribution in [1.29, 1.82) is 0 Å². The van der Waals surface area contributed by atoms with E-state index in [1.54, 1.807) is 6.20 Å². The summed E-state index contributed by atoms with van der Waals surface area (Å²) in [7, 11) is 1.37. The summed E-state index contributed by atoms with van der Waals surface area (Å²) in [5.74, 6) is 0.906. The molecule has 6 heteroatoms. The number of ether oxygens (including phenoxy) is 1. The first-order chi connectivity index (χ1) is 9.10. The lowest BCUT2D eigenvalue weighted by Gasteiger charge is -2.19. The van der Waals surface area contributed by atoms with Crippen LogP contribution in [0.15, 0.2) is 18.3 Å². The van der Waals surface area contributed by atoms with E-state index in [-0.39, 0.29) is 18.2 Å². The van der Waals surface area contributed by atoms with Gasteiger partial charge in [0.1, 0.15) is 5.82 Å². The minimum absolute atomic E-state index is 0.00616. The Hall–Kier alpha value is -1.82. The predicted octanol–water partition coefficient (Wildman–Crippen LogP) is 1.04. The van der Waals surface area contributed by atoms with Gasteiger partial charge in [0, 0.05) is 25.3 Å². The number of carbonyl (C=O) groups is 1. The normalized spacial score (nSPS) is 20.2. The number of nitrogens with two attached hydrogens (primary N) is 1. The molecule has 19 heavy (non-hydrogen) atoms. The highest BCUT2D eigenvalue weighted by Crippen LogP contribution is 2.21. The molecule has 1 fully saturated rings. The van der Waals surface area contributed by atoms with E-state index < -0.39 is 0 Å². The molecule has 0 aliphatic carbocycles. The second kappa shape index (κ2) is 5.88. The van der Waals surface area contributed by atoms with Gasteiger partial charge in [0.2, 0.25) is 0 Å². The van der Waals surface area contributed by atoms with Gasteiger partial charge < -0.3 is 20.7 Å². The Morgan fingerprint density at radius 3 is 3.16 bits per heavy atom. The van der Waals surface area contributed by atoms with E-state index in [0.29, 0.717) is 0 Å². The molecule has 0 spiro atoms. The van der Waals surface area contributed by atoms with Gasteiger partial charge in [-0.05, 0) is 31.0 Å². The fourth-order valence-electron chi connectivity index (χ4n) is 2.20. The zero-order valence-corrected chi connectivity index (χ0v) is 11.3. The maximum absolute atomic E-state index is 11.2. The minimum Gasteiger partial charge on any atom is -0.453 e. The number of amides is 1. The molecule has 2 rings (SSSR count). The molecule has 1 aromatic heterocycles. The predicted molar refractivity (Wildman–Crippen MR) is 73.0 cm³/mol. The zero-order chi connectivity index (χ0) is 13.8. The molecule has 104 valence electrons. The van der Waals surface area contributed by atoms with E-state index >= 15 is 0 Å². The second-order valence-electron chi connectivity index (χ2n) is 4.80. The summed E-state index contributed by atoms with van der Waals surface area (Å²) in [6, 6.07) is 4.03. The average molecular weight is 264 g/mol. The number of aromatic nitrogens is 1. The number of nitrogens with one attached hydrogen (secondary N) is 1. The Morgan fingerprint density at radius 2 is 2.47 bits per heavy atom. The summed E-state index contributed by atoms with van der Waals surface area (Å²) < 4.78 is 4.60. The monoisotopic (exact) mass is 264 g/mol. The molecule has 1 aliphatic rings. The molecular weight excluding hydrogens is 244 g/mol. The molecule has 3 N–H and O–H groups in total. The minimum atomic E-state index is -0.385. The van der Waals surface area contributed by atoms with Gasteiger partial charge in [-0.1, -0.05) is 0 Å². The third-order valence-corrected chi connectivity index (χ3v) is 3.31. The molecule has 1 unspecified atom stereocenters. The van der Waals surface area contributed by atoms with Crippen LogP contribution in [0.3, 0.4) is 0 Å². The van der Waals surface area contributed by atoms with Crippen molar-refractivity contribution in [3.63, 3.8) is 0 Å². The van der Waals surface area contributed by atoms with Crippen molar-refractivity contribution in [1.82, 2.24) is 10.3 Å². The van der Waals surface area contributed by atoms with E-state index in [1.807, 2.05) is 19.1 Å². The van der Waals surface area contributed by atoms with E-state index in [1.165, 1.54) is 7.11 Å². The first-order valence-electron chi connectivity index (χ1n) is 6.41. The third kappa shape index (κ3) is 3.35. The number of nitrogens with zero attached hydrogens (tertiary/aromatic N) is 2. The van der Waals surface area contributed by atoms with Crippen LogP contribution in [0.1, 0.15) is 24.9 Å².